The van der Waals surface area contributed by atoms with Gasteiger partial charge in [0.2, 0.25) is 0 Å². The van der Waals surface area contributed by atoms with Crippen molar-refractivity contribution in [2.24, 2.45) is 0 Å². The normalized spacial score (nSPS) is 20.9. The second-order valence-electron chi connectivity index (χ2n) is 4.75. The third-order valence-electron chi connectivity index (χ3n) is 3.33. The first kappa shape index (κ1) is 13.6. The van der Waals surface area contributed by atoms with Crippen LogP contribution >= 0.6 is 11.3 Å². The fraction of sp³-hybridized carbons (Fsp3) is 0.643. The maximum atomic E-state index is 11.9. The number of likely N-dealkylation sites (tertiary alicyclic amines) is 1. The molecule has 1 saturated heterocycles. The molecule has 1 aromatic rings. The van der Waals surface area contributed by atoms with Crippen LogP contribution in [0.2, 0.25) is 0 Å². The van der Waals surface area contributed by atoms with Crippen molar-refractivity contribution in [3.05, 3.63) is 21.9 Å². The Labute approximate surface area is 113 Å². The van der Waals surface area contributed by atoms with E-state index >= 15 is 0 Å². The van der Waals surface area contributed by atoms with Crippen molar-refractivity contribution < 1.29 is 9.53 Å². The minimum absolute atomic E-state index is 0.0406. The number of esters is 1. The second kappa shape index (κ2) is 6.34. The number of hydrogen-bond acceptors (Lipinski definition) is 4. The van der Waals surface area contributed by atoms with Crippen molar-refractivity contribution in [3.63, 3.8) is 0 Å². The van der Waals surface area contributed by atoms with Crippen molar-refractivity contribution in [1.29, 1.82) is 0 Å². The number of nitrogens with zero attached hydrogens (tertiary/aromatic N) is 1. The Hall–Kier alpha value is -0.870. The summed E-state index contributed by atoms with van der Waals surface area (Å²) in [5.74, 6) is -0.0505. The van der Waals surface area contributed by atoms with Gasteiger partial charge in [-0.1, -0.05) is 6.42 Å². The van der Waals surface area contributed by atoms with Gasteiger partial charge in [-0.3, -0.25) is 9.69 Å². The van der Waals surface area contributed by atoms with E-state index in [0.29, 0.717) is 6.61 Å². The van der Waals surface area contributed by atoms with Gasteiger partial charge >= 0.3 is 5.97 Å². The SMILES string of the molecule is CCOC(=O)C1CCCCN1Cc1ccc(C)s1. The highest BCUT2D eigenvalue weighted by atomic mass is 32.1. The highest BCUT2D eigenvalue weighted by molar-refractivity contribution is 7.11. The summed E-state index contributed by atoms with van der Waals surface area (Å²) in [6.07, 6.45) is 3.24. The Bertz CT molecular complexity index is 402. The van der Waals surface area contributed by atoms with E-state index in [1.165, 1.54) is 16.2 Å². The third-order valence-corrected chi connectivity index (χ3v) is 4.31. The molecule has 1 aliphatic heterocycles. The summed E-state index contributed by atoms with van der Waals surface area (Å²) in [4.78, 5) is 16.9. The zero-order valence-electron chi connectivity index (χ0n) is 11.1. The van der Waals surface area contributed by atoms with Crippen LogP contribution in [0.15, 0.2) is 12.1 Å². The van der Waals surface area contributed by atoms with Crippen LogP contribution in [0.4, 0.5) is 0 Å². The van der Waals surface area contributed by atoms with Crippen molar-refractivity contribution in [1.82, 2.24) is 4.90 Å². The number of carbonyl (C=O) groups excluding carboxylic acids is 1. The quantitative estimate of drug-likeness (QED) is 0.786. The van der Waals surface area contributed by atoms with E-state index in [0.717, 1.165) is 25.9 Å². The first-order valence-electron chi connectivity index (χ1n) is 6.66. The van der Waals surface area contributed by atoms with Gasteiger partial charge in [-0.15, -0.1) is 11.3 Å². The Balaban J connectivity index is 2.01. The van der Waals surface area contributed by atoms with Crippen molar-refractivity contribution >= 4 is 17.3 Å². The van der Waals surface area contributed by atoms with Crippen molar-refractivity contribution in [2.75, 3.05) is 13.2 Å². The molecule has 1 aromatic heterocycles. The lowest BCUT2D eigenvalue weighted by atomic mass is 10.0. The smallest absolute Gasteiger partial charge is 0.323 e. The molecular formula is C14H21NO2S. The molecule has 1 atom stereocenters. The molecule has 0 aliphatic carbocycles. The molecule has 0 spiro atoms. The fourth-order valence-corrected chi connectivity index (χ4v) is 3.37. The van der Waals surface area contributed by atoms with E-state index < -0.39 is 0 Å². The number of thiophene rings is 1. The van der Waals surface area contributed by atoms with E-state index in [1.807, 2.05) is 18.3 Å². The molecule has 0 N–H and O–H groups in total. The summed E-state index contributed by atoms with van der Waals surface area (Å²) in [6, 6.07) is 4.27. The van der Waals surface area contributed by atoms with Gasteiger partial charge in [0.15, 0.2) is 0 Å². The van der Waals surface area contributed by atoms with Gasteiger partial charge in [-0.2, -0.15) is 0 Å². The number of hydrogen-bond donors (Lipinski definition) is 0. The van der Waals surface area contributed by atoms with Gasteiger partial charge in [0.05, 0.1) is 6.61 Å². The van der Waals surface area contributed by atoms with Crippen LogP contribution in [0.25, 0.3) is 0 Å². The Morgan fingerprint density at radius 1 is 1.50 bits per heavy atom. The first-order valence-corrected chi connectivity index (χ1v) is 7.48. The molecule has 0 aromatic carbocycles. The molecular weight excluding hydrogens is 246 g/mol. The maximum absolute atomic E-state index is 11.9. The van der Waals surface area contributed by atoms with Gasteiger partial charge in [0.1, 0.15) is 6.04 Å². The van der Waals surface area contributed by atoms with Gasteiger partial charge in [-0.25, -0.2) is 0 Å². The predicted octanol–water partition coefficient (Wildman–Crippen LogP) is 2.97. The van der Waals surface area contributed by atoms with E-state index in [4.69, 9.17) is 4.74 Å². The van der Waals surface area contributed by atoms with Crippen molar-refractivity contribution in [3.8, 4) is 0 Å². The standard InChI is InChI=1S/C14H21NO2S/c1-3-17-14(16)13-6-4-5-9-15(13)10-12-8-7-11(2)18-12/h7-8,13H,3-6,9-10H2,1-2H3. The molecule has 1 fully saturated rings. The Morgan fingerprint density at radius 3 is 3.00 bits per heavy atom. The highest BCUT2D eigenvalue weighted by Gasteiger charge is 2.29. The van der Waals surface area contributed by atoms with Gasteiger partial charge in [0.25, 0.3) is 0 Å². The summed E-state index contributed by atoms with van der Waals surface area (Å²) >= 11 is 1.81. The molecule has 4 heteroatoms. The average molecular weight is 267 g/mol. The second-order valence-corrected chi connectivity index (χ2v) is 6.12. The number of piperidine rings is 1. The summed E-state index contributed by atoms with van der Waals surface area (Å²) in [5.41, 5.74) is 0. The Morgan fingerprint density at radius 2 is 2.33 bits per heavy atom. The zero-order valence-corrected chi connectivity index (χ0v) is 12.0. The highest BCUT2D eigenvalue weighted by Crippen LogP contribution is 2.23. The third kappa shape index (κ3) is 3.33. The molecule has 0 amide bonds. The molecule has 3 nitrogen and oxygen atoms in total. The number of aryl methyl sites for hydroxylation is 1. The van der Waals surface area contributed by atoms with E-state index in [9.17, 15) is 4.79 Å². The average Bonchev–Trinajstić information content (AvgIpc) is 2.76. The summed E-state index contributed by atoms with van der Waals surface area (Å²) in [5, 5.41) is 0. The van der Waals surface area contributed by atoms with Gasteiger partial charge in [-0.05, 0) is 45.4 Å². The summed E-state index contributed by atoms with van der Waals surface area (Å²) < 4.78 is 5.18. The van der Waals surface area contributed by atoms with Crippen molar-refractivity contribution in [2.45, 2.75) is 45.7 Å². The largest absolute Gasteiger partial charge is 0.465 e. The van der Waals surface area contributed by atoms with Gasteiger partial charge < -0.3 is 4.74 Å². The van der Waals surface area contributed by atoms with Crippen LogP contribution in [0, 0.1) is 6.92 Å². The first-order chi connectivity index (χ1) is 8.70. The van der Waals surface area contributed by atoms with E-state index in [1.54, 1.807) is 0 Å². The van der Waals surface area contributed by atoms with Crippen LogP contribution < -0.4 is 0 Å². The molecule has 2 rings (SSSR count). The molecule has 1 unspecified atom stereocenters. The van der Waals surface area contributed by atoms with E-state index in [2.05, 4.69) is 24.0 Å². The molecule has 0 radical (unpaired) electrons. The predicted molar refractivity (Wildman–Crippen MR) is 73.7 cm³/mol. The van der Waals surface area contributed by atoms with E-state index in [-0.39, 0.29) is 12.0 Å². The van der Waals surface area contributed by atoms with Crippen LogP contribution in [0.3, 0.4) is 0 Å². The molecule has 0 saturated carbocycles. The number of ether oxygens (including phenoxy) is 1. The molecule has 18 heavy (non-hydrogen) atoms. The number of rotatable bonds is 4. The minimum Gasteiger partial charge on any atom is -0.465 e. The molecule has 1 aliphatic rings. The molecule has 100 valence electrons. The summed E-state index contributed by atoms with van der Waals surface area (Å²) in [7, 11) is 0. The topological polar surface area (TPSA) is 29.5 Å². The summed E-state index contributed by atoms with van der Waals surface area (Å²) in [6.45, 7) is 6.34. The minimum atomic E-state index is -0.0505. The monoisotopic (exact) mass is 267 g/mol. The lowest BCUT2D eigenvalue weighted by Crippen LogP contribution is -2.44. The van der Waals surface area contributed by atoms with Crippen LogP contribution in [-0.4, -0.2) is 30.1 Å². The number of carbonyl (C=O) groups is 1. The lowest BCUT2D eigenvalue weighted by molar-refractivity contribution is -0.151. The van der Waals surface area contributed by atoms with Crippen LogP contribution in [0.5, 0.6) is 0 Å². The fourth-order valence-electron chi connectivity index (χ4n) is 2.46. The maximum Gasteiger partial charge on any atom is 0.323 e. The van der Waals surface area contributed by atoms with Crippen LogP contribution in [0.1, 0.15) is 35.9 Å². The molecule has 2 heterocycles. The van der Waals surface area contributed by atoms with Gasteiger partial charge in [0, 0.05) is 16.3 Å². The zero-order chi connectivity index (χ0) is 13.0. The molecule has 0 bridgehead atoms. The Kier molecular flexibility index (Phi) is 4.78. The van der Waals surface area contributed by atoms with Crippen LogP contribution in [-0.2, 0) is 16.1 Å². The lowest BCUT2D eigenvalue weighted by Gasteiger charge is -2.33.